The zero-order valence-corrected chi connectivity index (χ0v) is 16.6. The molecule has 144 valence electrons. The molecule has 8 heteroatoms. The molecule has 0 aliphatic rings. The van der Waals surface area contributed by atoms with Crippen molar-refractivity contribution < 1.29 is 19.1 Å². The highest BCUT2D eigenvalue weighted by molar-refractivity contribution is 6.37. The molecule has 0 saturated heterocycles. The van der Waals surface area contributed by atoms with E-state index in [1.807, 2.05) is 6.07 Å². The number of anilines is 1. The SMILES string of the molecule is CCOc1c(Cl)cc(/C=C(\C#N)C(=O)Nc2ccc(C(=O)OC)cc2)cc1Cl. The average Bonchev–Trinajstić information content (AvgIpc) is 2.68. The van der Waals surface area contributed by atoms with Gasteiger partial charge < -0.3 is 14.8 Å². The lowest BCUT2D eigenvalue weighted by Gasteiger charge is -2.09. The maximum absolute atomic E-state index is 12.4. The van der Waals surface area contributed by atoms with Gasteiger partial charge in [-0.25, -0.2) is 4.79 Å². The fourth-order valence-corrected chi connectivity index (χ4v) is 2.88. The van der Waals surface area contributed by atoms with Crippen LogP contribution in [0.5, 0.6) is 5.75 Å². The minimum absolute atomic E-state index is 0.145. The van der Waals surface area contributed by atoms with Gasteiger partial charge in [-0.2, -0.15) is 5.26 Å². The molecule has 2 aromatic carbocycles. The summed E-state index contributed by atoms with van der Waals surface area (Å²) >= 11 is 12.3. The standard InChI is InChI=1S/C20H16Cl2N2O4/c1-3-28-18-16(21)9-12(10-17(18)22)8-14(11-23)19(25)24-15-6-4-13(5-7-15)20(26)27-2/h4-10H,3H2,1-2H3,(H,24,25)/b14-8+. The van der Waals surface area contributed by atoms with Crippen molar-refractivity contribution in [3.05, 3.63) is 63.1 Å². The third-order valence-electron chi connectivity index (χ3n) is 3.55. The minimum atomic E-state index is -0.616. The summed E-state index contributed by atoms with van der Waals surface area (Å²) in [6, 6.07) is 11.0. The van der Waals surface area contributed by atoms with Crippen LogP contribution in [0, 0.1) is 11.3 Å². The predicted molar refractivity (Wildman–Crippen MR) is 108 cm³/mol. The van der Waals surface area contributed by atoms with E-state index in [1.165, 1.54) is 37.5 Å². The molecule has 0 aliphatic heterocycles. The summed E-state index contributed by atoms with van der Waals surface area (Å²) in [5, 5.41) is 12.5. The van der Waals surface area contributed by atoms with Crippen molar-refractivity contribution in [3.63, 3.8) is 0 Å². The molecule has 0 bridgehead atoms. The fraction of sp³-hybridized carbons (Fsp3) is 0.150. The number of nitrogens with zero attached hydrogens (tertiary/aromatic N) is 1. The first-order valence-corrected chi connectivity index (χ1v) is 8.88. The third kappa shape index (κ3) is 5.26. The topological polar surface area (TPSA) is 88.4 Å². The van der Waals surface area contributed by atoms with Gasteiger partial charge in [0.25, 0.3) is 5.91 Å². The molecule has 1 N–H and O–H groups in total. The van der Waals surface area contributed by atoms with Crippen LogP contribution in [-0.4, -0.2) is 25.6 Å². The van der Waals surface area contributed by atoms with E-state index in [0.29, 0.717) is 29.2 Å². The summed E-state index contributed by atoms with van der Waals surface area (Å²) < 4.78 is 9.97. The first kappa shape index (κ1) is 21.3. The first-order chi connectivity index (χ1) is 13.4. The van der Waals surface area contributed by atoms with E-state index in [2.05, 4.69) is 10.1 Å². The van der Waals surface area contributed by atoms with Gasteiger partial charge >= 0.3 is 5.97 Å². The molecular weight excluding hydrogens is 403 g/mol. The third-order valence-corrected chi connectivity index (χ3v) is 4.11. The lowest BCUT2D eigenvalue weighted by molar-refractivity contribution is -0.112. The second-order valence-corrected chi connectivity index (χ2v) is 6.25. The normalized spacial score (nSPS) is 10.8. The Morgan fingerprint density at radius 2 is 1.79 bits per heavy atom. The van der Waals surface area contributed by atoms with Gasteiger partial charge in [-0.1, -0.05) is 23.2 Å². The van der Waals surface area contributed by atoms with Crippen LogP contribution in [0.3, 0.4) is 0 Å². The molecule has 0 radical (unpaired) electrons. The molecule has 0 aromatic heterocycles. The molecule has 0 aliphatic carbocycles. The van der Waals surface area contributed by atoms with Crippen molar-refractivity contribution in [2.75, 3.05) is 19.0 Å². The van der Waals surface area contributed by atoms with Crippen LogP contribution < -0.4 is 10.1 Å². The van der Waals surface area contributed by atoms with E-state index in [4.69, 9.17) is 27.9 Å². The molecule has 0 saturated carbocycles. The number of ether oxygens (including phenoxy) is 2. The molecule has 0 spiro atoms. The fourth-order valence-electron chi connectivity index (χ4n) is 2.27. The van der Waals surface area contributed by atoms with E-state index < -0.39 is 11.9 Å². The maximum Gasteiger partial charge on any atom is 0.337 e. The summed E-state index contributed by atoms with van der Waals surface area (Å²) in [6.07, 6.45) is 1.37. The lowest BCUT2D eigenvalue weighted by atomic mass is 10.1. The number of nitriles is 1. The van der Waals surface area contributed by atoms with Gasteiger partial charge in [0.05, 0.1) is 29.3 Å². The van der Waals surface area contributed by atoms with Crippen LogP contribution in [0.15, 0.2) is 42.0 Å². The van der Waals surface area contributed by atoms with E-state index in [-0.39, 0.29) is 15.6 Å². The van der Waals surface area contributed by atoms with Gasteiger partial charge in [-0.3, -0.25) is 4.79 Å². The number of halogens is 2. The Bertz CT molecular complexity index is 940. The minimum Gasteiger partial charge on any atom is -0.491 e. The van der Waals surface area contributed by atoms with Crippen LogP contribution in [0.25, 0.3) is 6.08 Å². The van der Waals surface area contributed by atoms with Crippen LogP contribution in [-0.2, 0) is 9.53 Å². The second-order valence-electron chi connectivity index (χ2n) is 5.44. The molecule has 28 heavy (non-hydrogen) atoms. The molecule has 1 amide bonds. The van der Waals surface area contributed by atoms with Crippen LogP contribution in [0.2, 0.25) is 10.0 Å². The first-order valence-electron chi connectivity index (χ1n) is 8.13. The molecule has 0 unspecified atom stereocenters. The highest BCUT2D eigenvalue weighted by Crippen LogP contribution is 2.34. The summed E-state index contributed by atoms with van der Waals surface area (Å²) in [5.74, 6) is -0.758. The number of carbonyl (C=O) groups excluding carboxylic acids is 2. The van der Waals surface area contributed by atoms with Crippen molar-refractivity contribution in [3.8, 4) is 11.8 Å². The molecule has 0 atom stereocenters. The van der Waals surface area contributed by atoms with E-state index in [0.717, 1.165) is 0 Å². The van der Waals surface area contributed by atoms with Crippen molar-refractivity contribution in [2.45, 2.75) is 6.92 Å². The molecular formula is C20H16Cl2N2O4. The number of carbonyl (C=O) groups is 2. The lowest BCUT2D eigenvalue weighted by Crippen LogP contribution is -2.13. The molecule has 0 fully saturated rings. The highest BCUT2D eigenvalue weighted by atomic mass is 35.5. The zero-order chi connectivity index (χ0) is 20.7. The van der Waals surface area contributed by atoms with Gasteiger partial charge in [-0.15, -0.1) is 0 Å². The number of methoxy groups -OCH3 is 1. The van der Waals surface area contributed by atoms with Gasteiger partial charge in [0.15, 0.2) is 5.75 Å². The average molecular weight is 419 g/mol. The Hall–Kier alpha value is -3.01. The van der Waals surface area contributed by atoms with Crippen LogP contribution in [0.1, 0.15) is 22.8 Å². The van der Waals surface area contributed by atoms with Crippen LogP contribution in [0.4, 0.5) is 5.69 Å². The Balaban J connectivity index is 2.21. The van der Waals surface area contributed by atoms with Gasteiger partial charge in [-0.05, 0) is 55.0 Å². The number of nitrogens with one attached hydrogen (secondary N) is 1. The van der Waals surface area contributed by atoms with Gasteiger partial charge in [0, 0.05) is 5.69 Å². The number of hydrogen-bond acceptors (Lipinski definition) is 5. The predicted octanol–water partition coefficient (Wildman–Crippen LogP) is 4.72. The van der Waals surface area contributed by atoms with Gasteiger partial charge in [0.1, 0.15) is 11.6 Å². The van der Waals surface area contributed by atoms with Crippen molar-refractivity contribution >= 4 is 46.8 Å². The zero-order valence-electron chi connectivity index (χ0n) is 15.1. The van der Waals surface area contributed by atoms with E-state index in [9.17, 15) is 14.9 Å². The molecule has 2 rings (SSSR count). The van der Waals surface area contributed by atoms with Crippen LogP contribution >= 0.6 is 23.2 Å². The number of amides is 1. The second kappa shape index (κ2) is 9.79. The summed E-state index contributed by atoms with van der Waals surface area (Å²) in [6.45, 7) is 2.20. The molecule has 2 aromatic rings. The molecule has 0 heterocycles. The monoisotopic (exact) mass is 418 g/mol. The van der Waals surface area contributed by atoms with Gasteiger partial charge in [0.2, 0.25) is 0 Å². The summed E-state index contributed by atoms with van der Waals surface area (Å²) in [5.41, 5.74) is 1.09. The van der Waals surface area contributed by atoms with E-state index >= 15 is 0 Å². The van der Waals surface area contributed by atoms with E-state index in [1.54, 1.807) is 19.1 Å². The number of esters is 1. The number of hydrogen-bond donors (Lipinski definition) is 1. The maximum atomic E-state index is 12.4. The smallest absolute Gasteiger partial charge is 0.337 e. The van der Waals surface area contributed by atoms with Crippen molar-refractivity contribution in [2.24, 2.45) is 0 Å². The number of rotatable bonds is 6. The Labute approximate surface area is 172 Å². The van der Waals surface area contributed by atoms with Crippen molar-refractivity contribution in [1.29, 1.82) is 5.26 Å². The van der Waals surface area contributed by atoms with Crippen molar-refractivity contribution in [1.82, 2.24) is 0 Å². The Morgan fingerprint density at radius 3 is 2.29 bits per heavy atom. The quantitative estimate of drug-likeness (QED) is 0.416. The largest absolute Gasteiger partial charge is 0.491 e. The molecule has 6 nitrogen and oxygen atoms in total. The number of benzene rings is 2. The highest BCUT2D eigenvalue weighted by Gasteiger charge is 2.13. The Morgan fingerprint density at radius 1 is 1.18 bits per heavy atom. The summed E-state index contributed by atoms with van der Waals surface area (Å²) in [4.78, 5) is 23.8. The Kier molecular flexibility index (Phi) is 7.44. The summed E-state index contributed by atoms with van der Waals surface area (Å²) in [7, 11) is 1.28.